The molecule has 0 aliphatic carbocycles. The van der Waals surface area contributed by atoms with Gasteiger partial charge in [0.05, 0.1) is 6.42 Å². The Bertz CT molecular complexity index is 717. The van der Waals surface area contributed by atoms with Crippen molar-refractivity contribution in [2.45, 2.75) is 38.6 Å². The fourth-order valence-corrected chi connectivity index (χ4v) is 3.78. The zero-order chi connectivity index (χ0) is 17.8. The number of rotatable bonds is 6. The molecule has 2 N–H and O–H groups in total. The van der Waals surface area contributed by atoms with Crippen molar-refractivity contribution in [2.75, 3.05) is 33.3 Å². The van der Waals surface area contributed by atoms with Gasteiger partial charge >= 0.3 is 0 Å². The maximum atomic E-state index is 12.7. The molecule has 3 rings (SSSR count). The topological polar surface area (TPSA) is 59.6 Å². The van der Waals surface area contributed by atoms with Crippen molar-refractivity contribution in [2.24, 2.45) is 0 Å². The van der Waals surface area contributed by atoms with Gasteiger partial charge in [-0.15, -0.1) is 0 Å². The number of H-pyrrole nitrogens is 1. The number of aliphatic hydroxyl groups is 1. The summed E-state index contributed by atoms with van der Waals surface area (Å²) in [5.41, 5.74) is 3.41. The standard InChI is InChI=1S/C20H29N3O2/c1-15-4-5-18-16(14-21-19(18)12-15)13-20(25)23-9-6-17(7-10-23)22(2)8-3-11-24/h4-5,12,14,17,21,24H,3,6-11,13H2,1-2H3. The number of likely N-dealkylation sites (tertiary alicyclic amines) is 1. The van der Waals surface area contributed by atoms with Crippen LogP contribution in [0, 0.1) is 6.92 Å². The van der Waals surface area contributed by atoms with E-state index in [1.165, 1.54) is 5.56 Å². The molecule has 1 aliphatic rings. The molecule has 2 heterocycles. The number of aliphatic hydroxyl groups excluding tert-OH is 1. The molecular weight excluding hydrogens is 314 g/mol. The van der Waals surface area contributed by atoms with Crippen molar-refractivity contribution in [1.82, 2.24) is 14.8 Å². The lowest BCUT2D eigenvalue weighted by Crippen LogP contribution is -2.46. The molecule has 2 aromatic rings. The van der Waals surface area contributed by atoms with Crippen LogP contribution in [-0.2, 0) is 11.2 Å². The minimum Gasteiger partial charge on any atom is -0.396 e. The Morgan fingerprint density at radius 2 is 2.12 bits per heavy atom. The van der Waals surface area contributed by atoms with Crippen LogP contribution in [-0.4, -0.2) is 65.1 Å². The van der Waals surface area contributed by atoms with Crippen LogP contribution in [0.15, 0.2) is 24.4 Å². The molecule has 25 heavy (non-hydrogen) atoms. The Morgan fingerprint density at radius 3 is 2.84 bits per heavy atom. The van der Waals surface area contributed by atoms with Crippen LogP contribution in [0.4, 0.5) is 0 Å². The van der Waals surface area contributed by atoms with Gasteiger partial charge in [-0.3, -0.25) is 4.79 Å². The molecule has 1 saturated heterocycles. The van der Waals surface area contributed by atoms with Gasteiger partial charge in [0.2, 0.25) is 5.91 Å². The zero-order valence-electron chi connectivity index (χ0n) is 15.3. The highest BCUT2D eigenvalue weighted by molar-refractivity contribution is 5.89. The Hall–Kier alpha value is -1.85. The Labute approximate surface area is 149 Å². The first-order chi connectivity index (χ1) is 12.1. The van der Waals surface area contributed by atoms with E-state index in [-0.39, 0.29) is 12.5 Å². The Morgan fingerprint density at radius 1 is 1.36 bits per heavy atom. The van der Waals surface area contributed by atoms with E-state index >= 15 is 0 Å². The van der Waals surface area contributed by atoms with Gasteiger partial charge in [-0.2, -0.15) is 0 Å². The highest BCUT2D eigenvalue weighted by atomic mass is 16.3. The third-order valence-electron chi connectivity index (χ3n) is 5.37. The van der Waals surface area contributed by atoms with Crippen molar-refractivity contribution in [3.8, 4) is 0 Å². The fourth-order valence-electron chi connectivity index (χ4n) is 3.78. The number of aryl methyl sites for hydroxylation is 1. The van der Waals surface area contributed by atoms with E-state index in [4.69, 9.17) is 5.11 Å². The second kappa shape index (κ2) is 8.02. The summed E-state index contributed by atoms with van der Waals surface area (Å²) in [5.74, 6) is 0.220. The van der Waals surface area contributed by atoms with Gasteiger partial charge in [-0.05, 0) is 50.4 Å². The van der Waals surface area contributed by atoms with Crippen molar-refractivity contribution in [1.29, 1.82) is 0 Å². The molecule has 1 fully saturated rings. The van der Waals surface area contributed by atoms with E-state index in [2.05, 4.69) is 42.1 Å². The molecule has 1 aromatic carbocycles. The lowest BCUT2D eigenvalue weighted by atomic mass is 10.0. The molecule has 0 radical (unpaired) electrons. The number of aromatic amines is 1. The van der Waals surface area contributed by atoms with Gasteiger partial charge in [0.25, 0.3) is 0 Å². The fraction of sp³-hybridized carbons (Fsp3) is 0.550. The molecule has 0 bridgehead atoms. The number of piperidine rings is 1. The second-order valence-electron chi connectivity index (χ2n) is 7.21. The smallest absolute Gasteiger partial charge is 0.227 e. The number of nitrogens with zero attached hydrogens (tertiary/aromatic N) is 2. The van der Waals surface area contributed by atoms with Gasteiger partial charge < -0.3 is 19.9 Å². The summed E-state index contributed by atoms with van der Waals surface area (Å²) in [5, 5.41) is 10.1. The van der Waals surface area contributed by atoms with Gasteiger partial charge in [-0.25, -0.2) is 0 Å². The number of hydrogen-bond donors (Lipinski definition) is 2. The summed E-state index contributed by atoms with van der Waals surface area (Å²) >= 11 is 0. The number of carbonyl (C=O) groups is 1. The Kier molecular flexibility index (Phi) is 5.76. The highest BCUT2D eigenvalue weighted by Crippen LogP contribution is 2.22. The van der Waals surface area contributed by atoms with E-state index in [1.54, 1.807) is 0 Å². The van der Waals surface area contributed by atoms with Crippen LogP contribution >= 0.6 is 0 Å². The van der Waals surface area contributed by atoms with Crippen LogP contribution in [0.25, 0.3) is 10.9 Å². The van der Waals surface area contributed by atoms with Crippen LogP contribution < -0.4 is 0 Å². The van der Waals surface area contributed by atoms with Gasteiger partial charge in [0.15, 0.2) is 0 Å². The molecule has 0 spiro atoms. The van der Waals surface area contributed by atoms with Gasteiger partial charge in [-0.1, -0.05) is 12.1 Å². The molecule has 0 atom stereocenters. The number of hydrogen-bond acceptors (Lipinski definition) is 3. The highest BCUT2D eigenvalue weighted by Gasteiger charge is 2.25. The molecule has 0 unspecified atom stereocenters. The Balaban J connectivity index is 1.56. The first kappa shape index (κ1) is 18.0. The molecule has 0 saturated carbocycles. The summed E-state index contributed by atoms with van der Waals surface area (Å²) in [6.07, 6.45) is 5.28. The molecule has 136 valence electrons. The average Bonchev–Trinajstić information content (AvgIpc) is 3.01. The number of aromatic nitrogens is 1. The number of benzene rings is 1. The van der Waals surface area contributed by atoms with E-state index in [0.717, 1.165) is 55.4 Å². The first-order valence-corrected chi connectivity index (χ1v) is 9.24. The minimum atomic E-state index is 0.220. The van der Waals surface area contributed by atoms with Crippen LogP contribution in [0.5, 0.6) is 0 Å². The summed E-state index contributed by atoms with van der Waals surface area (Å²) in [7, 11) is 2.12. The van der Waals surface area contributed by atoms with Crippen molar-refractivity contribution < 1.29 is 9.90 Å². The monoisotopic (exact) mass is 343 g/mol. The zero-order valence-corrected chi connectivity index (χ0v) is 15.3. The summed E-state index contributed by atoms with van der Waals surface area (Å²) < 4.78 is 0. The third-order valence-corrected chi connectivity index (χ3v) is 5.37. The predicted molar refractivity (Wildman–Crippen MR) is 101 cm³/mol. The predicted octanol–water partition coefficient (Wildman–Crippen LogP) is 2.32. The quantitative estimate of drug-likeness (QED) is 0.846. The summed E-state index contributed by atoms with van der Waals surface area (Å²) in [6, 6.07) is 6.84. The van der Waals surface area contributed by atoms with E-state index in [1.807, 2.05) is 11.1 Å². The summed E-state index contributed by atoms with van der Waals surface area (Å²) in [4.78, 5) is 20.3. The summed E-state index contributed by atoms with van der Waals surface area (Å²) in [6.45, 7) is 4.89. The van der Waals surface area contributed by atoms with Crippen molar-refractivity contribution >= 4 is 16.8 Å². The van der Waals surface area contributed by atoms with Crippen molar-refractivity contribution in [3.63, 3.8) is 0 Å². The minimum absolute atomic E-state index is 0.220. The van der Waals surface area contributed by atoms with E-state index in [0.29, 0.717) is 12.5 Å². The first-order valence-electron chi connectivity index (χ1n) is 9.24. The molecular formula is C20H29N3O2. The van der Waals surface area contributed by atoms with Gasteiger partial charge in [0.1, 0.15) is 0 Å². The van der Waals surface area contributed by atoms with E-state index in [9.17, 15) is 4.79 Å². The SMILES string of the molecule is Cc1ccc2c(CC(=O)N3CCC(N(C)CCCO)CC3)c[nH]c2c1. The maximum Gasteiger partial charge on any atom is 0.227 e. The third kappa shape index (κ3) is 4.22. The molecule has 5 nitrogen and oxygen atoms in total. The second-order valence-corrected chi connectivity index (χ2v) is 7.21. The average molecular weight is 343 g/mol. The van der Waals surface area contributed by atoms with E-state index < -0.39 is 0 Å². The molecule has 5 heteroatoms. The van der Waals surface area contributed by atoms with Crippen LogP contribution in [0.2, 0.25) is 0 Å². The maximum absolute atomic E-state index is 12.7. The normalized spacial score (nSPS) is 16.1. The number of nitrogens with one attached hydrogen (secondary N) is 1. The van der Waals surface area contributed by atoms with Crippen LogP contribution in [0.3, 0.4) is 0 Å². The van der Waals surface area contributed by atoms with Crippen LogP contribution in [0.1, 0.15) is 30.4 Å². The number of carbonyl (C=O) groups excluding carboxylic acids is 1. The molecule has 1 amide bonds. The number of amides is 1. The molecule has 1 aromatic heterocycles. The number of fused-ring (bicyclic) bond motifs is 1. The van der Waals surface area contributed by atoms with Crippen molar-refractivity contribution in [3.05, 3.63) is 35.5 Å². The largest absolute Gasteiger partial charge is 0.396 e. The molecule has 1 aliphatic heterocycles. The lowest BCUT2D eigenvalue weighted by Gasteiger charge is -2.36. The van der Waals surface area contributed by atoms with Gasteiger partial charge in [0, 0.05) is 49.4 Å². The lowest BCUT2D eigenvalue weighted by molar-refractivity contribution is -0.132.